The highest BCUT2D eigenvalue weighted by atomic mass is 16.7. The number of hydrogen-bond acceptors (Lipinski definition) is 6. The average Bonchev–Trinajstić information content (AvgIpc) is 3.15. The average molecular weight is 270 g/mol. The number of hydrogen-bond donors (Lipinski definition) is 0. The van der Waals surface area contributed by atoms with Crippen molar-refractivity contribution in [1.29, 1.82) is 10.5 Å². The van der Waals surface area contributed by atoms with Crippen LogP contribution in [-0.2, 0) is 22.7 Å². The zero-order valence-corrected chi connectivity index (χ0v) is 10.4. The summed E-state index contributed by atoms with van der Waals surface area (Å²) in [6, 6.07) is 10.3. The van der Waals surface area contributed by atoms with Gasteiger partial charge in [-0.1, -0.05) is 0 Å². The fourth-order valence-corrected chi connectivity index (χ4v) is 1.37. The summed E-state index contributed by atoms with van der Waals surface area (Å²) in [5.41, 5.74) is -0.247. The Morgan fingerprint density at radius 3 is 1.80 bits per heavy atom. The highest BCUT2D eigenvalue weighted by molar-refractivity contribution is 5.36. The van der Waals surface area contributed by atoms with Crippen LogP contribution >= 0.6 is 0 Å². The molecule has 6 nitrogen and oxygen atoms in total. The Morgan fingerprint density at radius 1 is 0.950 bits per heavy atom. The second kappa shape index (κ2) is 6.72. The van der Waals surface area contributed by atoms with Crippen molar-refractivity contribution in [3.05, 3.63) is 59.8 Å². The minimum absolute atomic E-state index is 0.0628. The molecule has 2 heterocycles. The van der Waals surface area contributed by atoms with Gasteiger partial charge in [-0.25, -0.2) is 0 Å². The SMILES string of the molecule is N#CC(C#N)=C(OCc1ccco1)OCc1ccco1. The zero-order chi connectivity index (χ0) is 14.2. The quantitative estimate of drug-likeness (QED) is 0.592. The third kappa shape index (κ3) is 3.44. The fraction of sp³-hybridized carbons (Fsp3) is 0.143. The van der Waals surface area contributed by atoms with E-state index in [-0.39, 0.29) is 24.7 Å². The zero-order valence-electron chi connectivity index (χ0n) is 10.4. The molecule has 2 rings (SSSR count). The van der Waals surface area contributed by atoms with Gasteiger partial charge >= 0.3 is 5.95 Å². The van der Waals surface area contributed by atoms with Crippen LogP contribution in [0.1, 0.15) is 11.5 Å². The topological polar surface area (TPSA) is 92.3 Å². The van der Waals surface area contributed by atoms with Gasteiger partial charge in [0.15, 0.2) is 0 Å². The van der Waals surface area contributed by atoms with Crippen LogP contribution in [0.25, 0.3) is 0 Å². The third-order valence-electron chi connectivity index (χ3n) is 2.28. The maximum absolute atomic E-state index is 8.87. The lowest BCUT2D eigenvalue weighted by atomic mass is 10.3. The van der Waals surface area contributed by atoms with Crippen LogP contribution in [0.3, 0.4) is 0 Å². The molecule has 0 aromatic carbocycles. The second-order valence-electron chi connectivity index (χ2n) is 3.62. The first-order valence-corrected chi connectivity index (χ1v) is 5.68. The standard InChI is InChI=1S/C14H10N2O4/c15-7-11(8-16)14(19-9-12-3-1-5-17-12)20-10-13-4-2-6-18-13/h1-6H,9-10H2. The lowest BCUT2D eigenvalue weighted by Gasteiger charge is -2.09. The summed E-state index contributed by atoms with van der Waals surface area (Å²) in [6.45, 7) is 0.126. The van der Waals surface area contributed by atoms with Crippen LogP contribution in [0.5, 0.6) is 0 Å². The summed E-state index contributed by atoms with van der Waals surface area (Å²) in [4.78, 5) is 0. The summed E-state index contributed by atoms with van der Waals surface area (Å²) in [6.07, 6.45) is 3.00. The molecule has 0 fully saturated rings. The van der Waals surface area contributed by atoms with Crippen LogP contribution in [0.2, 0.25) is 0 Å². The Hall–Kier alpha value is -3.12. The van der Waals surface area contributed by atoms with Crippen molar-refractivity contribution in [3.8, 4) is 12.1 Å². The maximum Gasteiger partial charge on any atom is 0.309 e. The van der Waals surface area contributed by atoms with Gasteiger partial charge in [0.2, 0.25) is 5.57 Å². The van der Waals surface area contributed by atoms with E-state index in [1.807, 2.05) is 0 Å². The van der Waals surface area contributed by atoms with Gasteiger partial charge in [0.1, 0.15) is 36.9 Å². The smallest absolute Gasteiger partial charge is 0.309 e. The van der Waals surface area contributed by atoms with Crippen LogP contribution in [0, 0.1) is 22.7 Å². The monoisotopic (exact) mass is 270 g/mol. The van der Waals surface area contributed by atoms with Crippen molar-refractivity contribution in [2.24, 2.45) is 0 Å². The van der Waals surface area contributed by atoms with Crippen molar-refractivity contribution in [1.82, 2.24) is 0 Å². The molecule has 0 saturated heterocycles. The van der Waals surface area contributed by atoms with E-state index >= 15 is 0 Å². The number of ether oxygens (including phenoxy) is 2. The number of nitrogens with zero attached hydrogens (tertiary/aromatic N) is 2. The number of nitriles is 2. The molecule has 0 bridgehead atoms. The summed E-state index contributed by atoms with van der Waals surface area (Å²) in [5, 5.41) is 17.7. The molecular formula is C14H10N2O4. The molecule has 0 N–H and O–H groups in total. The van der Waals surface area contributed by atoms with E-state index in [4.69, 9.17) is 28.8 Å². The highest BCUT2D eigenvalue weighted by Crippen LogP contribution is 2.14. The van der Waals surface area contributed by atoms with Crippen molar-refractivity contribution < 1.29 is 18.3 Å². The Kier molecular flexibility index (Phi) is 4.47. The molecule has 0 aliphatic rings. The van der Waals surface area contributed by atoms with Crippen molar-refractivity contribution >= 4 is 0 Å². The van der Waals surface area contributed by atoms with Crippen LogP contribution in [0.15, 0.2) is 57.1 Å². The normalized spacial score (nSPS) is 9.30. The predicted octanol–water partition coefficient (Wildman–Crippen LogP) is 2.86. The van der Waals surface area contributed by atoms with E-state index in [0.717, 1.165) is 0 Å². The number of rotatable bonds is 6. The molecule has 0 spiro atoms. The Balaban J connectivity index is 2.03. The van der Waals surface area contributed by atoms with Gasteiger partial charge in [-0.05, 0) is 24.3 Å². The van der Waals surface area contributed by atoms with Gasteiger partial charge in [0.25, 0.3) is 0 Å². The summed E-state index contributed by atoms with van der Waals surface area (Å²) in [5.74, 6) is 0.960. The molecule has 0 unspecified atom stereocenters. The summed E-state index contributed by atoms with van der Waals surface area (Å²) < 4.78 is 20.8. The summed E-state index contributed by atoms with van der Waals surface area (Å²) >= 11 is 0. The largest absolute Gasteiger partial charge is 0.466 e. The lowest BCUT2D eigenvalue weighted by Crippen LogP contribution is -2.01. The van der Waals surface area contributed by atoms with Gasteiger partial charge in [-0.3, -0.25) is 0 Å². The van der Waals surface area contributed by atoms with E-state index in [2.05, 4.69) is 0 Å². The number of furan rings is 2. The number of allylic oxidation sites excluding steroid dienone is 1. The molecule has 2 aromatic heterocycles. The molecular weight excluding hydrogens is 260 g/mol. The van der Waals surface area contributed by atoms with E-state index in [0.29, 0.717) is 11.5 Å². The Labute approximate surface area is 115 Å². The molecule has 6 heteroatoms. The van der Waals surface area contributed by atoms with Crippen molar-refractivity contribution in [2.75, 3.05) is 0 Å². The molecule has 0 amide bonds. The highest BCUT2D eigenvalue weighted by Gasteiger charge is 2.12. The van der Waals surface area contributed by atoms with Crippen molar-refractivity contribution in [2.45, 2.75) is 13.2 Å². The van der Waals surface area contributed by atoms with Crippen molar-refractivity contribution in [3.63, 3.8) is 0 Å². The minimum atomic E-state index is -0.247. The lowest BCUT2D eigenvalue weighted by molar-refractivity contribution is 0.00753. The first-order chi connectivity index (χ1) is 9.83. The second-order valence-corrected chi connectivity index (χ2v) is 3.62. The molecule has 0 saturated carbocycles. The predicted molar refractivity (Wildman–Crippen MR) is 65.2 cm³/mol. The Bertz CT molecular complexity index is 586. The molecule has 0 atom stereocenters. The van der Waals surface area contributed by atoms with Gasteiger partial charge < -0.3 is 18.3 Å². The maximum atomic E-state index is 8.87. The first kappa shape index (κ1) is 13.3. The first-order valence-electron chi connectivity index (χ1n) is 5.68. The van der Waals surface area contributed by atoms with Gasteiger partial charge in [0.05, 0.1) is 12.5 Å². The molecule has 0 aliphatic heterocycles. The molecule has 2 aromatic rings. The molecule has 100 valence electrons. The van der Waals surface area contributed by atoms with Crippen LogP contribution in [0.4, 0.5) is 0 Å². The third-order valence-corrected chi connectivity index (χ3v) is 2.28. The van der Waals surface area contributed by atoms with E-state index in [9.17, 15) is 0 Å². The summed E-state index contributed by atoms with van der Waals surface area (Å²) in [7, 11) is 0. The molecule has 0 aliphatic carbocycles. The van der Waals surface area contributed by atoms with Gasteiger partial charge in [-0.15, -0.1) is 0 Å². The van der Waals surface area contributed by atoms with Gasteiger partial charge in [-0.2, -0.15) is 10.5 Å². The van der Waals surface area contributed by atoms with E-state index in [1.165, 1.54) is 12.5 Å². The van der Waals surface area contributed by atoms with Crippen LogP contribution in [-0.4, -0.2) is 0 Å². The van der Waals surface area contributed by atoms with E-state index in [1.54, 1.807) is 36.4 Å². The van der Waals surface area contributed by atoms with E-state index < -0.39 is 0 Å². The fourth-order valence-electron chi connectivity index (χ4n) is 1.37. The molecule has 20 heavy (non-hydrogen) atoms. The molecule has 0 radical (unpaired) electrons. The minimum Gasteiger partial charge on any atom is -0.466 e. The van der Waals surface area contributed by atoms with Crippen LogP contribution < -0.4 is 0 Å². The van der Waals surface area contributed by atoms with Gasteiger partial charge in [0, 0.05) is 0 Å². The Morgan fingerprint density at radius 2 is 1.45 bits per heavy atom.